The zero-order valence-corrected chi connectivity index (χ0v) is 21.1. The minimum Gasteiger partial charge on any atom is -0.456 e. The van der Waals surface area contributed by atoms with Crippen LogP contribution in [0.3, 0.4) is 0 Å². The highest BCUT2D eigenvalue weighted by Gasteiger charge is 2.26. The molecule has 0 aliphatic heterocycles. The summed E-state index contributed by atoms with van der Waals surface area (Å²) in [5.41, 5.74) is 8.41. The topological polar surface area (TPSA) is 21.9 Å². The van der Waals surface area contributed by atoms with Gasteiger partial charge in [-0.05, 0) is 54.0 Å². The molecular formula is C31H33N2O+. The number of hydrogen-bond donors (Lipinski definition) is 0. The van der Waals surface area contributed by atoms with Crippen LogP contribution in [0.1, 0.15) is 38.8 Å². The fourth-order valence-electron chi connectivity index (χ4n) is 5.92. The Kier molecular flexibility index (Phi) is 4.74. The first kappa shape index (κ1) is 21.2. The summed E-state index contributed by atoms with van der Waals surface area (Å²) < 4.78 is 11.5. The zero-order chi connectivity index (χ0) is 23.7. The van der Waals surface area contributed by atoms with Gasteiger partial charge >= 0.3 is 0 Å². The van der Waals surface area contributed by atoms with Crippen molar-refractivity contribution in [1.82, 2.24) is 4.57 Å². The van der Waals surface area contributed by atoms with Crippen LogP contribution in [0, 0.1) is 18.8 Å². The van der Waals surface area contributed by atoms with Crippen molar-refractivity contribution in [1.29, 1.82) is 0 Å². The minimum atomic E-state index is 0.558. The van der Waals surface area contributed by atoms with Crippen LogP contribution in [0.4, 0.5) is 0 Å². The Morgan fingerprint density at radius 3 is 2.38 bits per heavy atom. The van der Waals surface area contributed by atoms with Crippen molar-refractivity contribution in [2.24, 2.45) is 18.9 Å². The van der Waals surface area contributed by atoms with Gasteiger partial charge in [0.15, 0.2) is 6.54 Å². The number of hydrogen-bond acceptors (Lipinski definition) is 1. The summed E-state index contributed by atoms with van der Waals surface area (Å²) >= 11 is 0. The highest BCUT2D eigenvalue weighted by atomic mass is 16.3. The Labute approximate surface area is 200 Å². The van der Waals surface area contributed by atoms with Crippen LogP contribution in [0.2, 0.25) is 0 Å². The first-order chi connectivity index (χ1) is 16.3. The van der Waals surface area contributed by atoms with Crippen molar-refractivity contribution < 1.29 is 8.98 Å². The van der Waals surface area contributed by atoms with Crippen LogP contribution in [-0.4, -0.2) is 4.57 Å². The molecule has 3 heterocycles. The van der Waals surface area contributed by atoms with Gasteiger partial charge in [0.25, 0.3) is 0 Å². The maximum Gasteiger partial charge on any atom is 0.217 e. The Morgan fingerprint density at radius 1 is 0.853 bits per heavy atom. The molecule has 0 atom stereocenters. The van der Waals surface area contributed by atoms with Crippen LogP contribution in [0.15, 0.2) is 59.1 Å². The molecule has 3 aromatic heterocycles. The first-order valence-electron chi connectivity index (χ1n) is 12.5. The van der Waals surface area contributed by atoms with Crippen molar-refractivity contribution in [2.45, 2.75) is 47.6 Å². The molecule has 3 heteroatoms. The molecule has 0 N–H and O–H groups in total. The second kappa shape index (κ2) is 7.59. The predicted molar refractivity (Wildman–Crippen MR) is 144 cm³/mol. The number of aryl methyl sites for hydroxylation is 2. The van der Waals surface area contributed by atoms with Gasteiger partial charge in [0, 0.05) is 36.0 Å². The normalized spacial score (nSPS) is 12.6. The molecule has 0 aliphatic rings. The number of nitrogens with zero attached hydrogens (tertiary/aromatic N) is 2. The Bertz CT molecular complexity index is 1730. The molecule has 34 heavy (non-hydrogen) atoms. The van der Waals surface area contributed by atoms with Crippen molar-refractivity contribution >= 4 is 54.6 Å². The average Bonchev–Trinajstić information content (AvgIpc) is 3.08. The third-order valence-electron chi connectivity index (χ3n) is 7.18. The maximum atomic E-state index is 6.74. The fraction of sp³-hybridized carbons (Fsp3) is 0.323. The number of rotatable bonds is 4. The van der Waals surface area contributed by atoms with Gasteiger partial charge in [0.1, 0.15) is 11.2 Å². The number of fused-ring (bicyclic) bond motifs is 5. The van der Waals surface area contributed by atoms with E-state index in [0.29, 0.717) is 11.8 Å². The number of benzene rings is 3. The van der Waals surface area contributed by atoms with E-state index in [2.05, 4.69) is 106 Å². The molecule has 0 unspecified atom stereocenters. The molecule has 0 saturated carbocycles. The van der Waals surface area contributed by atoms with Gasteiger partial charge in [-0.15, -0.1) is 0 Å². The van der Waals surface area contributed by atoms with Crippen molar-refractivity contribution in [3.63, 3.8) is 0 Å². The van der Waals surface area contributed by atoms with Crippen LogP contribution < -0.4 is 4.57 Å². The summed E-state index contributed by atoms with van der Waals surface area (Å²) in [6.45, 7) is 12.4. The summed E-state index contributed by atoms with van der Waals surface area (Å²) in [7, 11) is 2.15. The molecule has 0 spiro atoms. The average molecular weight is 450 g/mol. The van der Waals surface area contributed by atoms with Gasteiger partial charge in [-0.1, -0.05) is 45.9 Å². The lowest BCUT2D eigenvalue weighted by Gasteiger charge is -2.16. The third-order valence-corrected chi connectivity index (χ3v) is 7.18. The molecule has 3 nitrogen and oxygen atoms in total. The Hall–Kier alpha value is -3.33. The van der Waals surface area contributed by atoms with E-state index in [9.17, 15) is 0 Å². The lowest BCUT2D eigenvalue weighted by atomic mass is 9.96. The lowest BCUT2D eigenvalue weighted by molar-refractivity contribution is -0.649. The van der Waals surface area contributed by atoms with E-state index < -0.39 is 0 Å². The summed E-state index contributed by atoms with van der Waals surface area (Å²) in [6.07, 6.45) is 3.25. The summed E-state index contributed by atoms with van der Waals surface area (Å²) in [5, 5.41) is 6.37. The number of aromatic nitrogens is 2. The van der Waals surface area contributed by atoms with Crippen LogP contribution in [0.5, 0.6) is 0 Å². The fourth-order valence-corrected chi connectivity index (χ4v) is 5.92. The summed E-state index contributed by atoms with van der Waals surface area (Å²) in [5.74, 6) is 1.16. The molecule has 6 rings (SSSR count). The monoisotopic (exact) mass is 449 g/mol. The van der Waals surface area contributed by atoms with Crippen LogP contribution in [-0.2, 0) is 20.0 Å². The SMILES string of the molecule is Cc1c2c(cc3c1c1ccccc1[n+]3CC(C)C)oc1cc(CC(C)C)cc3ccn(C)c2c31. The summed E-state index contributed by atoms with van der Waals surface area (Å²) in [6, 6.07) is 17.9. The molecule has 3 aromatic carbocycles. The summed E-state index contributed by atoms with van der Waals surface area (Å²) in [4.78, 5) is 0. The highest BCUT2D eigenvalue weighted by molar-refractivity contribution is 6.21. The van der Waals surface area contributed by atoms with Gasteiger partial charge in [0.2, 0.25) is 11.0 Å². The van der Waals surface area contributed by atoms with E-state index in [4.69, 9.17) is 4.42 Å². The van der Waals surface area contributed by atoms with Crippen molar-refractivity contribution in [3.05, 3.63) is 65.9 Å². The van der Waals surface area contributed by atoms with Gasteiger partial charge in [0.05, 0.1) is 22.4 Å². The molecule has 0 aliphatic carbocycles. The number of pyridine rings is 1. The van der Waals surface area contributed by atoms with E-state index in [0.717, 1.165) is 24.1 Å². The Balaban J connectivity index is 1.82. The molecule has 0 radical (unpaired) electrons. The molecule has 6 aromatic rings. The van der Waals surface area contributed by atoms with E-state index in [-0.39, 0.29) is 0 Å². The molecule has 0 saturated heterocycles. The second-order valence-corrected chi connectivity index (χ2v) is 10.8. The first-order valence-corrected chi connectivity index (χ1v) is 12.5. The highest BCUT2D eigenvalue weighted by Crippen LogP contribution is 2.40. The van der Waals surface area contributed by atoms with Gasteiger partial charge in [-0.2, -0.15) is 4.57 Å². The van der Waals surface area contributed by atoms with E-state index in [1.165, 1.54) is 54.6 Å². The van der Waals surface area contributed by atoms with Gasteiger partial charge in [-0.25, -0.2) is 0 Å². The third kappa shape index (κ3) is 3.06. The maximum absolute atomic E-state index is 6.74. The lowest BCUT2D eigenvalue weighted by Crippen LogP contribution is -2.35. The van der Waals surface area contributed by atoms with Gasteiger partial charge < -0.3 is 8.98 Å². The molecule has 172 valence electrons. The quantitative estimate of drug-likeness (QED) is 0.153. The second-order valence-electron chi connectivity index (χ2n) is 10.8. The minimum absolute atomic E-state index is 0.558. The van der Waals surface area contributed by atoms with Crippen molar-refractivity contribution in [2.75, 3.05) is 0 Å². The predicted octanol–water partition coefficient (Wildman–Crippen LogP) is 7.83. The molecule has 0 bridgehead atoms. The zero-order valence-electron chi connectivity index (χ0n) is 21.1. The van der Waals surface area contributed by atoms with E-state index in [1.54, 1.807) is 0 Å². The van der Waals surface area contributed by atoms with Crippen LogP contribution >= 0.6 is 0 Å². The van der Waals surface area contributed by atoms with Gasteiger partial charge in [-0.3, -0.25) is 0 Å². The van der Waals surface area contributed by atoms with Crippen LogP contribution in [0.25, 0.3) is 54.6 Å². The standard InChI is InChI=1S/C31H33N2O/c1-18(2)13-21-14-22-11-12-32(6)31-29-20(5)28-23-9-7-8-10-24(23)33(17-19(3)4)25(28)16-27(29)34-26(15-21)30(22)31/h7-12,14-16,18-19H,13,17H2,1-6H3/q+1. The molecule has 0 amide bonds. The Morgan fingerprint density at radius 2 is 1.62 bits per heavy atom. The van der Waals surface area contributed by atoms with E-state index in [1.807, 2.05) is 0 Å². The molecular weight excluding hydrogens is 416 g/mol. The molecule has 0 fully saturated rings. The smallest absolute Gasteiger partial charge is 0.217 e. The number of para-hydroxylation sites is 1. The van der Waals surface area contributed by atoms with E-state index >= 15 is 0 Å². The van der Waals surface area contributed by atoms with Crippen molar-refractivity contribution in [3.8, 4) is 0 Å². The largest absolute Gasteiger partial charge is 0.456 e.